The predicted molar refractivity (Wildman–Crippen MR) is 70.1 cm³/mol. The first-order chi connectivity index (χ1) is 8.56. The van der Waals surface area contributed by atoms with Gasteiger partial charge >= 0.3 is 0 Å². The molecule has 0 heterocycles. The van der Waals surface area contributed by atoms with Crippen LogP contribution in [0.2, 0.25) is 0 Å². The van der Waals surface area contributed by atoms with Crippen molar-refractivity contribution in [3.8, 4) is 5.75 Å². The van der Waals surface area contributed by atoms with Gasteiger partial charge in [-0.05, 0) is 37.3 Å². The first kappa shape index (κ1) is 12.4. The van der Waals surface area contributed by atoms with Gasteiger partial charge in [0.15, 0.2) is 0 Å². The second-order valence-corrected chi connectivity index (χ2v) is 4.95. The number of nitro groups is 1. The molecule has 0 atom stereocenters. The summed E-state index contributed by atoms with van der Waals surface area (Å²) in [5, 5.41) is 20.1. The molecule has 5 heteroatoms. The van der Waals surface area contributed by atoms with Gasteiger partial charge < -0.3 is 5.11 Å². The zero-order valence-electron chi connectivity index (χ0n) is 9.66. The lowest BCUT2D eigenvalue weighted by Crippen LogP contribution is -1.91. The van der Waals surface area contributed by atoms with Gasteiger partial charge in [-0.3, -0.25) is 10.1 Å². The molecule has 0 aliphatic heterocycles. The fourth-order valence-electron chi connectivity index (χ4n) is 1.58. The number of aromatic hydroxyl groups is 1. The molecule has 4 nitrogen and oxygen atoms in total. The van der Waals surface area contributed by atoms with Crippen LogP contribution in [-0.2, 0) is 0 Å². The Morgan fingerprint density at radius 3 is 2.50 bits per heavy atom. The third-order valence-corrected chi connectivity index (χ3v) is 3.40. The Labute approximate surface area is 108 Å². The van der Waals surface area contributed by atoms with Crippen LogP contribution in [0.4, 0.5) is 5.69 Å². The number of hydrogen-bond acceptors (Lipinski definition) is 4. The molecule has 2 aromatic carbocycles. The fraction of sp³-hybridized carbons (Fsp3) is 0.0769. The number of phenols is 1. The van der Waals surface area contributed by atoms with E-state index in [-0.39, 0.29) is 11.4 Å². The maximum Gasteiger partial charge on any atom is 0.272 e. The van der Waals surface area contributed by atoms with Crippen LogP contribution >= 0.6 is 11.8 Å². The summed E-state index contributed by atoms with van der Waals surface area (Å²) in [5.41, 5.74) is 0.750. The first-order valence-corrected chi connectivity index (χ1v) is 6.10. The van der Waals surface area contributed by atoms with E-state index < -0.39 is 4.92 Å². The zero-order chi connectivity index (χ0) is 13.1. The maximum atomic E-state index is 10.7. The van der Waals surface area contributed by atoms with E-state index in [1.807, 2.05) is 6.07 Å². The second-order valence-electron chi connectivity index (χ2n) is 3.80. The minimum atomic E-state index is -0.391. The average molecular weight is 261 g/mol. The Balaban J connectivity index is 2.25. The lowest BCUT2D eigenvalue weighted by Gasteiger charge is -2.04. The topological polar surface area (TPSA) is 63.4 Å². The minimum Gasteiger partial charge on any atom is -0.508 e. The Hall–Kier alpha value is -2.01. The molecule has 0 radical (unpaired) electrons. The summed E-state index contributed by atoms with van der Waals surface area (Å²) >= 11 is 1.45. The number of nitrogens with zero attached hydrogens (tertiary/aromatic N) is 1. The Bertz CT molecular complexity index is 599. The van der Waals surface area contributed by atoms with Gasteiger partial charge in [-0.2, -0.15) is 0 Å². The summed E-state index contributed by atoms with van der Waals surface area (Å²) in [6.45, 7) is 1.71. The van der Waals surface area contributed by atoms with E-state index >= 15 is 0 Å². The SMILES string of the molecule is Cc1cc(Sc2cccc(O)c2)ccc1[N+](=O)[O-]. The molecule has 0 saturated carbocycles. The van der Waals surface area contributed by atoms with Crippen molar-refractivity contribution in [2.45, 2.75) is 16.7 Å². The van der Waals surface area contributed by atoms with E-state index in [0.29, 0.717) is 5.56 Å². The quantitative estimate of drug-likeness (QED) is 0.675. The molecule has 2 aromatic rings. The van der Waals surface area contributed by atoms with Crippen molar-refractivity contribution in [2.24, 2.45) is 0 Å². The summed E-state index contributed by atoms with van der Waals surface area (Å²) in [7, 11) is 0. The highest BCUT2D eigenvalue weighted by Gasteiger charge is 2.10. The summed E-state index contributed by atoms with van der Waals surface area (Å²) < 4.78 is 0. The van der Waals surface area contributed by atoms with Crippen LogP contribution in [0.15, 0.2) is 52.3 Å². The van der Waals surface area contributed by atoms with E-state index in [0.717, 1.165) is 9.79 Å². The number of hydrogen-bond donors (Lipinski definition) is 1. The van der Waals surface area contributed by atoms with Gasteiger partial charge in [-0.15, -0.1) is 0 Å². The summed E-state index contributed by atoms with van der Waals surface area (Å²) in [4.78, 5) is 12.1. The number of phenolic OH excluding ortho intramolecular Hbond substituents is 1. The molecule has 0 saturated heterocycles. The molecule has 0 aliphatic rings. The number of rotatable bonds is 3. The van der Waals surface area contributed by atoms with Crippen molar-refractivity contribution < 1.29 is 10.0 Å². The van der Waals surface area contributed by atoms with Gasteiger partial charge in [0.05, 0.1) is 4.92 Å². The van der Waals surface area contributed by atoms with E-state index in [2.05, 4.69) is 0 Å². The van der Waals surface area contributed by atoms with Gasteiger partial charge in [0.2, 0.25) is 0 Å². The molecular weight excluding hydrogens is 250 g/mol. The van der Waals surface area contributed by atoms with Gasteiger partial charge in [0, 0.05) is 21.4 Å². The van der Waals surface area contributed by atoms with Gasteiger partial charge in [0.1, 0.15) is 5.75 Å². The maximum absolute atomic E-state index is 10.7. The first-order valence-electron chi connectivity index (χ1n) is 5.28. The van der Waals surface area contributed by atoms with Crippen LogP contribution in [0.1, 0.15) is 5.56 Å². The molecule has 0 bridgehead atoms. The molecule has 92 valence electrons. The smallest absolute Gasteiger partial charge is 0.272 e. The van der Waals surface area contributed by atoms with Crippen molar-refractivity contribution in [1.29, 1.82) is 0 Å². The van der Waals surface area contributed by atoms with Gasteiger partial charge in [0.25, 0.3) is 5.69 Å². The van der Waals surface area contributed by atoms with Crippen LogP contribution in [-0.4, -0.2) is 10.0 Å². The highest BCUT2D eigenvalue weighted by molar-refractivity contribution is 7.99. The monoisotopic (exact) mass is 261 g/mol. The van der Waals surface area contributed by atoms with Crippen LogP contribution < -0.4 is 0 Å². The van der Waals surface area contributed by atoms with Crippen molar-refractivity contribution in [3.05, 3.63) is 58.1 Å². The Kier molecular flexibility index (Phi) is 3.53. The fourth-order valence-corrected chi connectivity index (χ4v) is 2.55. The molecule has 0 amide bonds. The molecular formula is C13H11NO3S. The van der Waals surface area contributed by atoms with E-state index in [1.54, 1.807) is 37.3 Å². The van der Waals surface area contributed by atoms with Crippen molar-refractivity contribution in [1.82, 2.24) is 0 Å². The molecule has 2 rings (SSSR count). The third-order valence-electron chi connectivity index (χ3n) is 2.42. The van der Waals surface area contributed by atoms with E-state index in [9.17, 15) is 15.2 Å². The molecule has 0 aliphatic carbocycles. The molecule has 0 fully saturated rings. The standard InChI is InChI=1S/C13H11NO3S/c1-9-7-12(5-6-13(9)14(16)17)18-11-4-2-3-10(15)8-11/h2-8,15H,1H3. The number of nitro benzene ring substituents is 1. The summed E-state index contributed by atoms with van der Waals surface area (Å²) in [6, 6.07) is 11.9. The molecule has 18 heavy (non-hydrogen) atoms. The zero-order valence-corrected chi connectivity index (χ0v) is 10.5. The lowest BCUT2D eigenvalue weighted by atomic mass is 10.2. The minimum absolute atomic E-state index is 0.121. The van der Waals surface area contributed by atoms with E-state index in [4.69, 9.17) is 0 Å². The van der Waals surface area contributed by atoms with Crippen LogP contribution in [0.5, 0.6) is 5.75 Å². The number of aryl methyl sites for hydroxylation is 1. The molecule has 1 N–H and O–H groups in total. The second kappa shape index (κ2) is 5.10. The average Bonchev–Trinajstić information content (AvgIpc) is 2.28. The van der Waals surface area contributed by atoms with Gasteiger partial charge in [-0.1, -0.05) is 17.8 Å². The van der Waals surface area contributed by atoms with Crippen LogP contribution in [0.3, 0.4) is 0 Å². The highest BCUT2D eigenvalue weighted by atomic mass is 32.2. The highest BCUT2D eigenvalue weighted by Crippen LogP contribution is 2.32. The van der Waals surface area contributed by atoms with E-state index in [1.165, 1.54) is 17.8 Å². The third kappa shape index (κ3) is 2.81. The van der Waals surface area contributed by atoms with Crippen LogP contribution in [0, 0.1) is 17.0 Å². The normalized spacial score (nSPS) is 10.3. The van der Waals surface area contributed by atoms with Crippen molar-refractivity contribution >= 4 is 17.4 Å². The van der Waals surface area contributed by atoms with Crippen molar-refractivity contribution in [3.63, 3.8) is 0 Å². The summed E-state index contributed by atoms with van der Waals surface area (Å²) in [6.07, 6.45) is 0. The summed E-state index contributed by atoms with van der Waals surface area (Å²) in [5.74, 6) is 0.207. The Morgan fingerprint density at radius 1 is 1.17 bits per heavy atom. The predicted octanol–water partition coefficient (Wildman–Crippen LogP) is 3.76. The van der Waals surface area contributed by atoms with Gasteiger partial charge in [-0.25, -0.2) is 0 Å². The lowest BCUT2D eigenvalue weighted by molar-refractivity contribution is -0.385. The Morgan fingerprint density at radius 2 is 1.89 bits per heavy atom. The molecule has 0 unspecified atom stereocenters. The molecule has 0 spiro atoms. The largest absolute Gasteiger partial charge is 0.508 e. The van der Waals surface area contributed by atoms with Crippen molar-refractivity contribution in [2.75, 3.05) is 0 Å². The van der Waals surface area contributed by atoms with Crippen LogP contribution in [0.25, 0.3) is 0 Å². The number of benzene rings is 2. The molecule has 0 aromatic heterocycles.